The van der Waals surface area contributed by atoms with Crippen LogP contribution in [-0.2, 0) is 4.79 Å². The Balaban J connectivity index is 2.19. The van der Waals surface area contributed by atoms with E-state index in [0.29, 0.717) is 12.3 Å². The van der Waals surface area contributed by atoms with Crippen molar-refractivity contribution in [1.82, 2.24) is 5.43 Å². The molecule has 4 heteroatoms. The van der Waals surface area contributed by atoms with Gasteiger partial charge in [0.05, 0.1) is 0 Å². The van der Waals surface area contributed by atoms with Crippen LogP contribution in [0.4, 0.5) is 0 Å². The van der Waals surface area contributed by atoms with Gasteiger partial charge in [0.2, 0.25) is 5.91 Å². The summed E-state index contributed by atoms with van der Waals surface area (Å²) in [6.45, 7) is 0. The molecule has 64 valence electrons. The zero-order valence-electron chi connectivity index (χ0n) is 6.51. The van der Waals surface area contributed by atoms with Gasteiger partial charge in [-0.2, -0.15) is 11.8 Å². The van der Waals surface area contributed by atoms with Crippen molar-refractivity contribution in [2.45, 2.75) is 19.3 Å². The SMILES string of the molecule is NNC(=O)CC1CCCSC1. The highest BCUT2D eigenvalue weighted by Crippen LogP contribution is 2.24. The molecule has 0 aromatic rings. The third-order valence-electron chi connectivity index (χ3n) is 1.89. The molecule has 1 saturated heterocycles. The second-order valence-electron chi connectivity index (χ2n) is 2.85. The maximum absolute atomic E-state index is 10.8. The first-order valence-corrected chi connectivity index (χ1v) is 5.05. The standard InChI is InChI=1S/C7H14N2OS/c8-9-7(10)4-6-2-1-3-11-5-6/h6H,1-5,8H2,(H,9,10). The molecule has 3 N–H and O–H groups in total. The highest BCUT2D eigenvalue weighted by Gasteiger charge is 2.16. The van der Waals surface area contributed by atoms with Crippen molar-refractivity contribution in [3.63, 3.8) is 0 Å². The van der Waals surface area contributed by atoms with E-state index in [-0.39, 0.29) is 5.91 Å². The van der Waals surface area contributed by atoms with Gasteiger partial charge in [-0.25, -0.2) is 5.84 Å². The Morgan fingerprint density at radius 3 is 3.09 bits per heavy atom. The number of nitrogens with one attached hydrogen (secondary N) is 1. The van der Waals surface area contributed by atoms with Crippen molar-refractivity contribution in [3.05, 3.63) is 0 Å². The van der Waals surface area contributed by atoms with Gasteiger partial charge in [-0.15, -0.1) is 0 Å². The molecule has 1 atom stereocenters. The van der Waals surface area contributed by atoms with E-state index < -0.39 is 0 Å². The molecule has 1 amide bonds. The van der Waals surface area contributed by atoms with Gasteiger partial charge in [-0.3, -0.25) is 10.2 Å². The van der Waals surface area contributed by atoms with Crippen LogP contribution in [0.5, 0.6) is 0 Å². The number of nitrogens with two attached hydrogens (primary N) is 1. The third-order valence-corrected chi connectivity index (χ3v) is 3.17. The molecule has 11 heavy (non-hydrogen) atoms. The largest absolute Gasteiger partial charge is 0.294 e. The second-order valence-corrected chi connectivity index (χ2v) is 4.00. The molecule has 0 spiro atoms. The molecule has 1 fully saturated rings. The molecule has 1 heterocycles. The minimum absolute atomic E-state index is 0.0301. The third kappa shape index (κ3) is 3.12. The van der Waals surface area contributed by atoms with Gasteiger partial charge in [0.25, 0.3) is 0 Å². The Morgan fingerprint density at radius 1 is 1.73 bits per heavy atom. The van der Waals surface area contributed by atoms with E-state index in [2.05, 4.69) is 5.43 Å². The maximum Gasteiger partial charge on any atom is 0.234 e. The predicted molar refractivity (Wildman–Crippen MR) is 47.0 cm³/mol. The summed E-state index contributed by atoms with van der Waals surface area (Å²) < 4.78 is 0. The average Bonchev–Trinajstić information content (AvgIpc) is 2.06. The number of thioether (sulfide) groups is 1. The van der Waals surface area contributed by atoms with E-state index in [9.17, 15) is 4.79 Å². The van der Waals surface area contributed by atoms with E-state index in [1.807, 2.05) is 11.8 Å². The number of hydrogen-bond acceptors (Lipinski definition) is 3. The molecular formula is C7H14N2OS. The molecule has 1 rings (SSSR count). The minimum Gasteiger partial charge on any atom is -0.294 e. The first-order chi connectivity index (χ1) is 5.33. The van der Waals surface area contributed by atoms with Crippen LogP contribution < -0.4 is 11.3 Å². The molecule has 1 aliphatic rings. The summed E-state index contributed by atoms with van der Waals surface area (Å²) in [4.78, 5) is 10.8. The topological polar surface area (TPSA) is 55.1 Å². The van der Waals surface area contributed by atoms with Crippen LogP contribution in [-0.4, -0.2) is 17.4 Å². The lowest BCUT2D eigenvalue weighted by molar-refractivity contribution is -0.122. The Labute approximate surface area is 71.1 Å². The van der Waals surface area contributed by atoms with Gasteiger partial charge >= 0.3 is 0 Å². The number of hydrogen-bond donors (Lipinski definition) is 2. The molecule has 0 aromatic carbocycles. The maximum atomic E-state index is 10.8. The highest BCUT2D eigenvalue weighted by molar-refractivity contribution is 7.99. The molecule has 1 aliphatic heterocycles. The van der Waals surface area contributed by atoms with Crippen molar-refractivity contribution in [2.75, 3.05) is 11.5 Å². The Hall–Kier alpha value is -0.220. The van der Waals surface area contributed by atoms with Gasteiger partial charge in [0, 0.05) is 6.42 Å². The van der Waals surface area contributed by atoms with E-state index in [4.69, 9.17) is 5.84 Å². The van der Waals surface area contributed by atoms with Crippen molar-refractivity contribution in [3.8, 4) is 0 Å². The van der Waals surface area contributed by atoms with Gasteiger partial charge < -0.3 is 0 Å². The molecule has 0 saturated carbocycles. The van der Waals surface area contributed by atoms with E-state index in [0.717, 1.165) is 5.75 Å². The minimum atomic E-state index is -0.0301. The second kappa shape index (κ2) is 4.62. The number of rotatable bonds is 2. The van der Waals surface area contributed by atoms with Gasteiger partial charge in [-0.1, -0.05) is 0 Å². The van der Waals surface area contributed by atoms with Crippen LogP contribution in [0.15, 0.2) is 0 Å². The van der Waals surface area contributed by atoms with Gasteiger partial charge in [-0.05, 0) is 30.3 Å². The van der Waals surface area contributed by atoms with Crippen LogP contribution in [0, 0.1) is 5.92 Å². The first kappa shape index (κ1) is 8.87. The summed E-state index contributed by atoms with van der Waals surface area (Å²) in [7, 11) is 0. The molecule has 0 bridgehead atoms. The quantitative estimate of drug-likeness (QED) is 0.364. The zero-order valence-corrected chi connectivity index (χ0v) is 7.32. The number of amides is 1. The molecule has 0 aromatic heterocycles. The lowest BCUT2D eigenvalue weighted by Gasteiger charge is -2.19. The van der Waals surface area contributed by atoms with Gasteiger partial charge in [0.15, 0.2) is 0 Å². The Kier molecular flexibility index (Phi) is 3.72. The number of carbonyl (C=O) groups is 1. The van der Waals surface area contributed by atoms with Crippen molar-refractivity contribution in [1.29, 1.82) is 0 Å². The monoisotopic (exact) mass is 174 g/mol. The van der Waals surface area contributed by atoms with Gasteiger partial charge in [0.1, 0.15) is 0 Å². The summed E-state index contributed by atoms with van der Waals surface area (Å²) in [5.41, 5.74) is 2.16. The van der Waals surface area contributed by atoms with Crippen LogP contribution in [0.2, 0.25) is 0 Å². The van der Waals surface area contributed by atoms with E-state index in [1.165, 1.54) is 18.6 Å². The normalized spacial score (nSPS) is 24.6. The smallest absolute Gasteiger partial charge is 0.234 e. The lowest BCUT2D eigenvalue weighted by atomic mass is 10.0. The Morgan fingerprint density at radius 2 is 2.55 bits per heavy atom. The fraction of sp³-hybridized carbons (Fsp3) is 0.857. The van der Waals surface area contributed by atoms with Crippen LogP contribution in [0.1, 0.15) is 19.3 Å². The summed E-state index contributed by atoms with van der Waals surface area (Å²) in [5, 5.41) is 0. The molecule has 0 aliphatic carbocycles. The van der Waals surface area contributed by atoms with Crippen LogP contribution in [0.25, 0.3) is 0 Å². The summed E-state index contributed by atoms with van der Waals surface area (Å²) in [5.74, 6) is 7.88. The molecule has 3 nitrogen and oxygen atoms in total. The van der Waals surface area contributed by atoms with Crippen molar-refractivity contribution in [2.24, 2.45) is 11.8 Å². The number of hydrazine groups is 1. The fourth-order valence-corrected chi connectivity index (χ4v) is 2.44. The summed E-state index contributed by atoms with van der Waals surface area (Å²) in [6, 6.07) is 0. The summed E-state index contributed by atoms with van der Waals surface area (Å²) in [6.07, 6.45) is 3.02. The van der Waals surface area contributed by atoms with E-state index in [1.54, 1.807) is 0 Å². The van der Waals surface area contributed by atoms with E-state index >= 15 is 0 Å². The average molecular weight is 174 g/mol. The zero-order chi connectivity index (χ0) is 8.10. The van der Waals surface area contributed by atoms with Crippen LogP contribution in [0.3, 0.4) is 0 Å². The lowest BCUT2D eigenvalue weighted by Crippen LogP contribution is -2.32. The molecular weight excluding hydrogens is 160 g/mol. The predicted octanol–water partition coefficient (Wildman–Crippen LogP) is 0.510. The summed E-state index contributed by atoms with van der Waals surface area (Å²) >= 11 is 1.93. The Bertz CT molecular complexity index is 134. The highest BCUT2D eigenvalue weighted by atomic mass is 32.2. The fourth-order valence-electron chi connectivity index (χ4n) is 1.29. The first-order valence-electron chi connectivity index (χ1n) is 3.90. The van der Waals surface area contributed by atoms with Crippen molar-refractivity contribution >= 4 is 17.7 Å². The van der Waals surface area contributed by atoms with Crippen LogP contribution >= 0.6 is 11.8 Å². The van der Waals surface area contributed by atoms with Crippen molar-refractivity contribution < 1.29 is 4.79 Å². The molecule has 1 unspecified atom stereocenters. The molecule has 0 radical (unpaired) electrons. The number of carbonyl (C=O) groups excluding carboxylic acids is 1.